The van der Waals surface area contributed by atoms with E-state index in [0.717, 1.165) is 16.5 Å². The molecule has 3 aromatic rings. The summed E-state index contributed by atoms with van der Waals surface area (Å²) in [6, 6.07) is 25.0. The number of anilines is 1. The summed E-state index contributed by atoms with van der Waals surface area (Å²) in [6.45, 7) is 1.91. The van der Waals surface area contributed by atoms with Gasteiger partial charge in [0.25, 0.3) is 15.9 Å². The summed E-state index contributed by atoms with van der Waals surface area (Å²) >= 11 is 0. The Kier molecular flexibility index (Phi) is 6.46. The Morgan fingerprint density at radius 1 is 0.862 bits per heavy atom. The zero-order valence-electron chi connectivity index (χ0n) is 15.9. The molecule has 0 saturated heterocycles. The standard InChI is InChI=1S/C23H22N2O3S/c1-18(20-10-6-3-7-11-20)24-23(26)21-12-14-22(15-13-21)25-29(27,28)17-16-19-8-4-2-5-9-19/h2-18,25H,1H3,(H,24,26)/b17-16+/t18-/m0/s1. The molecule has 3 rings (SSSR count). The zero-order chi connectivity index (χ0) is 20.7. The van der Waals surface area contributed by atoms with Crippen LogP contribution in [0.4, 0.5) is 5.69 Å². The van der Waals surface area contributed by atoms with E-state index in [1.54, 1.807) is 24.3 Å². The summed E-state index contributed by atoms with van der Waals surface area (Å²) in [5, 5.41) is 4.05. The van der Waals surface area contributed by atoms with Crippen LogP contribution in [-0.2, 0) is 10.0 Å². The molecular formula is C23H22N2O3S. The van der Waals surface area contributed by atoms with Crippen molar-refractivity contribution < 1.29 is 13.2 Å². The number of benzene rings is 3. The third kappa shape index (κ3) is 6.05. The SMILES string of the molecule is C[C@H](NC(=O)c1ccc(NS(=O)(=O)/C=C/c2ccccc2)cc1)c1ccccc1. The molecule has 0 aliphatic heterocycles. The third-order valence-corrected chi connectivity index (χ3v) is 5.31. The molecule has 0 aromatic heterocycles. The molecule has 29 heavy (non-hydrogen) atoms. The maximum atomic E-state index is 12.4. The molecule has 1 atom stereocenters. The van der Waals surface area contributed by atoms with Gasteiger partial charge in [0, 0.05) is 11.3 Å². The van der Waals surface area contributed by atoms with Crippen LogP contribution in [0.3, 0.4) is 0 Å². The van der Waals surface area contributed by atoms with Gasteiger partial charge >= 0.3 is 0 Å². The van der Waals surface area contributed by atoms with Gasteiger partial charge in [0.2, 0.25) is 0 Å². The lowest BCUT2D eigenvalue weighted by molar-refractivity contribution is 0.0940. The van der Waals surface area contributed by atoms with Crippen LogP contribution in [0.1, 0.15) is 34.5 Å². The minimum Gasteiger partial charge on any atom is -0.346 e. The van der Waals surface area contributed by atoms with E-state index in [2.05, 4.69) is 10.0 Å². The molecule has 148 valence electrons. The van der Waals surface area contributed by atoms with E-state index in [4.69, 9.17) is 0 Å². The van der Waals surface area contributed by atoms with E-state index >= 15 is 0 Å². The largest absolute Gasteiger partial charge is 0.346 e. The fourth-order valence-electron chi connectivity index (χ4n) is 2.73. The van der Waals surface area contributed by atoms with Crippen molar-refractivity contribution in [1.29, 1.82) is 0 Å². The monoisotopic (exact) mass is 406 g/mol. The van der Waals surface area contributed by atoms with Gasteiger partial charge in [-0.15, -0.1) is 0 Å². The van der Waals surface area contributed by atoms with Crippen LogP contribution >= 0.6 is 0 Å². The van der Waals surface area contributed by atoms with Crippen LogP contribution in [0.2, 0.25) is 0 Å². The Hall–Kier alpha value is -3.38. The van der Waals surface area contributed by atoms with Crippen molar-refractivity contribution in [3.63, 3.8) is 0 Å². The lowest BCUT2D eigenvalue weighted by Gasteiger charge is -2.14. The first-order valence-electron chi connectivity index (χ1n) is 9.15. The highest BCUT2D eigenvalue weighted by Gasteiger charge is 2.12. The van der Waals surface area contributed by atoms with Gasteiger partial charge in [-0.1, -0.05) is 60.7 Å². The van der Waals surface area contributed by atoms with Gasteiger partial charge in [0.05, 0.1) is 11.4 Å². The second kappa shape index (κ2) is 9.21. The molecule has 0 aliphatic rings. The molecular weight excluding hydrogens is 384 g/mol. The van der Waals surface area contributed by atoms with Crippen molar-refractivity contribution in [2.45, 2.75) is 13.0 Å². The minimum atomic E-state index is -3.65. The minimum absolute atomic E-state index is 0.134. The molecule has 2 N–H and O–H groups in total. The van der Waals surface area contributed by atoms with E-state index in [1.165, 1.54) is 6.08 Å². The molecule has 0 bridgehead atoms. The van der Waals surface area contributed by atoms with E-state index in [0.29, 0.717) is 11.3 Å². The molecule has 5 nitrogen and oxygen atoms in total. The number of carbonyl (C=O) groups excluding carboxylic acids is 1. The number of hydrogen-bond donors (Lipinski definition) is 2. The maximum absolute atomic E-state index is 12.4. The fourth-order valence-corrected chi connectivity index (χ4v) is 3.59. The van der Waals surface area contributed by atoms with Gasteiger partial charge in [0.15, 0.2) is 0 Å². The average molecular weight is 407 g/mol. The first-order valence-corrected chi connectivity index (χ1v) is 10.7. The van der Waals surface area contributed by atoms with Gasteiger partial charge in [-0.05, 0) is 48.4 Å². The molecule has 0 spiro atoms. The van der Waals surface area contributed by atoms with Crippen molar-refractivity contribution >= 4 is 27.7 Å². The second-order valence-electron chi connectivity index (χ2n) is 6.54. The number of amides is 1. The molecule has 1 amide bonds. The topological polar surface area (TPSA) is 75.3 Å². The van der Waals surface area contributed by atoms with Crippen molar-refractivity contribution in [3.8, 4) is 0 Å². The Labute approximate surface area is 171 Å². The molecule has 6 heteroatoms. The number of nitrogens with one attached hydrogen (secondary N) is 2. The summed E-state index contributed by atoms with van der Waals surface area (Å²) in [4.78, 5) is 12.4. The average Bonchev–Trinajstić information content (AvgIpc) is 2.74. The smallest absolute Gasteiger partial charge is 0.255 e. The number of sulfonamides is 1. The second-order valence-corrected chi connectivity index (χ2v) is 8.11. The Morgan fingerprint density at radius 3 is 2.07 bits per heavy atom. The lowest BCUT2D eigenvalue weighted by Crippen LogP contribution is -2.26. The molecule has 0 saturated carbocycles. The highest BCUT2D eigenvalue weighted by atomic mass is 32.2. The number of rotatable bonds is 7. The lowest BCUT2D eigenvalue weighted by atomic mass is 10.1. The van der Waals surface area contributed by atoms with E-state index in [9.17, 15) is 13.2 Å². The molecule has 0 unspecified atom stereocenters. The third-order valence-electron chi connectivity index (χ3n) is 4.29. The van der Waals surface area contributed by atoms with E-state index < -0.39 is 10.0 Å². The predicted molar refractivity (Wildman–Crippen MR) is 117 cm³/mol. The molecule has 0 aliphatic carbocycles. The molecule has 0 radical (unpaired) electrons. The predicted octanol–water partition coefficient (Wildman–Crippen LogP) is 4.59. The van der Waals surface area contributed by atoms with Crippen LogP contribution < -0.4 is 10.0 Å². The van der Waals surface area contributed by atoms with Gasteiger partial charge in [0.1, 0.15) is 0 Å². The molecule has 3 aromatic carbocycles. The Morgan fingerprint density at radius 2 is 1.45 bits per heavy atom. The highest BCUT2D eigenvalue weighted by Crippen LogP contribution is 2.15. The first-order chi connectivity index (χ1) is 13.9. The molecule has 0 fully saturated rings. The first kappa shape index (κ1) is 20.4. The fraction of sp³-hybridized carbons (Fsp3) is 0.0870. The maximum Gasteiger partial charge on any atom is 0.255 e. The number of carbonyl (C=O) groups is 1. The van der Waals surface area contributed by atoms with E-state index in [1.807, 2.05) is 67.6 Å². The highest BCUT2D eigenvalue weighted by molar-refractivity contribution is 7.95. The molecule has 0 heterocycles. The van der Waals surface area contributed by atoms with Gasteiger partial charge in [-0.3, -0.25) is 9.52 Å². The summed E-state index contributed by atoms with van der Waals surface area (Å²) in [7, 11) is -3.65. The van der Waals surface area contributed by atoms with Gasteiger partial charge in [-0.25, -0.2) is 8.42 Å². The van der Waals surface area contributed by atoms with Crippen LogP contribution in [0.15, 0.2) is 90.3 Å². The van der Waals surface area contributed by atoms with Crippen molar-refractivity contribution in [1.82, 2.24) is 5.32 Å². The van der Waals surface area contributed by atoms with Crippen LogP contribution in [0.5, 0.6) is 0 Å². The van der Waals surface area contributed by atoms with Crippen LogP contribution in [0, 0.1) is 0 Å². The van der Waals surface area contributed by atoms with Crippen molar-refractivity contribution in [2.75, 3.05) is 4.72 Å². The normalized spacial score (nSPS) is 12.4. The van der Waals surface area contributed by atoms with E-state index in [-0.39, 0.29) is 11.9 Å². The Bertz CT molecular complexity index is 1080. The summed E-state index contributed by atoms with van der Waals surface area (Å²) in [6.07, 6.45) is 1.52. The number of hydrogen-bond acceptors (Lipinski definition) is 3. The van der Waals surface area contributed by atoms with Crippen molar-refractivity contribution in [3.05, 3.63) is 107 Å². The van der Waals surface area contributed by atoms with Crippen LogP contribution in [-0.4, -0.2) is 14.3 Å². The summed E-state index contributed by atoms with van der Waals surface area (Å²) < 4.78 is 26.9. The van der Waals surface area contributed by atoms with Crippen molar-refractivity contribution in [2.24, 2.45) is 0 Å². The van der Waals surface area contributed by atoms with Gasteiger partial charge < -0.3 is 5.32 Å². The Balaban J connectivity index is 1.62. The van der Waals surface area contributed by atoms with Gasteiger partial charge in [-0.2, -0.15) is 0 Å². The van der Waals surface area contributed by atoms with Crippen LogP contribution in [0.25, 0.3) is 6.08 Å². The quantitative estimate of drug-likeness (QED) is 0.603. The summed E-state index contributed by atoms with van der Waals surface area (Å²) in [5.74, 6) is -0.222. The summed E-state index contributed by atoms with van der Waals surface area (Å²) in [5.41, 5.74) is 2.64. The zero-order valence-corrected chi connectivity index (χ0v) is 16.8.